The Morgan fingerprint density at radius 2 is 1.50 bits per heavy atom. The van der Waals surface area contributed by atoms with Gasteiger partial charge in [0.2, 0.25) is 0 Å². The van der Waals surface area contributed by atoms with Gasteiger partial charge in [-0.3, -0.25) is 0 Å². The van der Waals surface area contributed by atoms with Crippen LogP contribution in [0.1, 0.15) is 16.7 Å². The van der Waals surface area contributed by atoms with Crippen molar-refractivity contribution in [2.45, 2.75) is 20.8 Å². The Morgan fingerprint density at radius 1 is 0.900 bits per heavy atom. The number of fused-ring (bicyclic) bond motifs is 1. The van der Waals surface area contributed by atoms with Crippen LogP contribution in [0.2, 0.25) is 0 Å². The number of aryl methyl sites for hydroxylation is 3. The Kier molecular flexibility index (Phi) is 6.09. The van der Waals surface area contributed by atoms with Crippen LogP contribution in [-0.4, -0.2) is 14.1 Å². The van der Waals surface area contributed by atoms with Gasteiger partial charge in [-0.2, -0.15) is 20.5 Å². The molecule has 0 aliphatic carbocycles. The predicted molar refractivity (Wildman–Crippen MR) is 77.9 cm³/mol. The molecule has 0 saturated carbocycles. The molecule has 5 heteroatoms. The minimum atomic E-state index is 0. The molecule has 0 amide bonds. The molecule has 4 nitrogen and oxygen atoms in total. The van der Waals surface area contributed by atoms with Crippen LogP contribution in [0.25, 0.3) is 10.8 Å². The van der Waals surface area contributed by atoms with Gasteiger partial charge in [0.25, 0.3) is 0 Å². The second-order valence-corrected chi connectivity index (χ2v) is 4.53. The molecule has 1 radical (unpaired) electrons. The molecule has 0 atom stereocenters. The van der Waals surface area contributed by atoms with Crippen molar-refractivity contribution in [3.8, 4) is 0 Å². The van der Waals surface area contributed by atoms with Crippen molar-refractivity contribution in [3.63, 3.8) is 0 Å². The fraction of sp³-hybridized carbons (Fsp3) is 0.333. The van der Waals surface area contributed by atoms with Gasteiger partial charge in [0.05, 0.1) is 0 Å². The molecule has 0 fully saturated rings. The summed E-state index contributed by atoms with van der Waals surface area (Å²) in [6.07, 6.45) is 0. The van der Waals surface area contributed by atoms with Crippen molar-refractivity contribution in [1.29, 1.82) is 0 Å². The average molecular weight is 342 g/mol. The first kappa shape index (κ1) is 17.1. The normalized spacial score (nSPS) is 11.4. The number of azo groups is 2. The van der Waals surface area contributed by atoms with E-state index < -0.39 is 0 Å². The molecule has 0 bridgehead atoms. The van der Waals surface area contributed by atoms with Crippen molar-refractivity contribution in [3.05, 3.63) is 34.9 Å². The van der Waals surface area contributed by atoms with Crippen molar-refractivity contribution in [2.75, 3.05) is 14.1 Å². The third-order valence-corrected chi connectivity index (χ3v) is 3.15. The zero-order valence-corrected chi connectivity index (χ0v) is 15.4. The molecule has 0 aromatic heterocycles. The van der Waals surface area contributed by atoms with Crippen LogP contribution in [0.5, 0.6) is 0 Å². The Morgan fingerprint density at radius 3 is 2.10 bits per heavy atom. The van der Waals surface area contributed by atoms with E-state index in [1.807, 2.05) is 20.8 Å². The summed E-state index contributed by atoms with van der Waals surface area (Å²) < 4.78 is 0. The molecule has 0 aliphatic rings. The van der Waals surface area contributed by atoms with E-state index in [0.29, 0.717) is 0 Å². The summed E-state index contributed by atoms with van der Waals surface area (Å²) in [6, 6.07) is 7.56. The summed E-state index contributed by atoms with van der Waals surface area (Å²) in [5.41, 5.74) is 4.96. The summed E-state index contributed by atoms with van der Waals surface area (Å²) in [7, 11) is 3.34. The summed E-state index contributed by atoms with van der Waals surface area (Å²) in [5, 5.41) is 18.2. The molecule has 2 aromatic carbocycles. The first-order chi connectivity index (χ1) is 9.08. The van der Waals surface area contributed by atoms with Crippen molar-refractivity contribution in [1.82, 2.24) is 0 Å². The summed E-state index contributed by atoms with van der Waals surface area (Å²) >= 11 is 0. The van der Waals surface area contributed by atoms with Crippen molar-refractivity contribution in [2.24, 2.45) is 20.5 Å². The number of benzene rings is 2. The van der Waals surface area contributed by atoms with Crippen LogP contribution < -0.4 is 0 Å². The molecule has 0 spiro atoms. The van der Waals surface area contributed by atoms with Gasteiger partial charge in [-0.25, -0.2) is 0 Å². The van der Waals surface area contributed by atoms with Gasteiger partial charge < -0.3 is 0 Å². The molecule has 0 heterocycles. The number of nitrogens with zero attached hydrogens (tertiary/aromatic N) is 4. The maximum absolute atomic E-state index is 4.20. The minimum Gasteiger partial charge on any atom is -0.194 e. The van der Waals surface area contributed by atoms with Crippen LogP contribution in [0.4, 0.5) is 11.4 Å². The fourth-order valence-corrected chi connectivity index (χ4v) is 2.26. The smallest absolute Gasteiger partial charge is 0.0498 e. The third kappa shape index (κ3) is 3.18. The molecular formula is C15H17N4Y-. The fourth-order valence-electron chi connectivity index (χ4n) is 2.26. The second-order valence-electron chi connectivity index (χ2n) is 4.53. The zero-order chi connectivity index (χ0) is 14.0. The van der Waals surface area contributed by atoms with Crippen LogP contribution >= 0.6 is 0 Å². The monoisotopic (exact) mass is 342 g/mol. The molecule has 101 valence electrons. The maximum Gasteiger partial charge on any atom is 0.0498 e. The van der Waals surface area contributed by atoms with Gasteiger partial charge in [-0.1, -0.05) is 25.5 Å². The van der Waals surface area contributed by atoms with E-state index in [1.165, 1.54) is 0 Å². The molecule has 2 aromatic rings. The number of rotatable bonds is 2. The van der Waals surface area contributed by atoms with Crippen molar-refractivity contribution < 1.29 is 32.7 Å². The van der Waals surface area contributed by atoms with Crippen LogP contribution in [0.15, 0.2) is 32.6 Å². The topological polar surface area (TPSA) is 49.4 Å². The minimum absolute atomic E-state index is 0. The number of hydrogen-bond donors (Lipinski definition) is 0. The standard InChI is InChI=1S/C15H17N4.Y/c1-9-6-12-7-10(2)15(19-17-5)11(3)13(12)8-14(9)18-16-4;/h6-7H,1-5H3;/q-1;. The molecule has 20 heavy (non-hydrogen) atoms. The van der Waals surface area contributed by atoms with Gasteiger partial charge in [-0.15, -0.1) is 28.5 Å². The van der Waals surface area contributed by atoms with E-state index in [4.69, 9.17) is 0 Å². The van der Waals surface area contributed by atoms with Crippen molar-refractivity contribution >= 4 is 22.1 Å². The summed E-state index contributed by atoms with van der Waals surface area (Å²) in [5.74, 6) is 0. The van der Waals surface area contributed by atoms with E-state index >= 15 is 0 Å². The molecule has 0 saturated heterocycles. The van der Waals surface area contributed by atoms with Gasteiger partial charge in [-0.05, 0) is 12.5 Å². The van der Waals surface area contributed by atoms with Gasteiger partial charge in [0.1, 0.15) is 0 Å². The second kappa shape index (κ2) is 7.14. The first-order valence-corrected chi connectivity index (χ1v) is 6.15. The van der Waals surface area contributed by atoms with Gasteiger partial charge in [0.15, 0.2) is 0 Å². The molecule has 0 N–H and O–H groups in total. The zero-order valence-electron chi connectivity index (χ0n) is 12.5. The summed E-state index contributed by atoms with van der Waals surface area (Å²) in [6.45, 7) is 6.10. The average Bonchev–Trinajstić information content (AvgIpc) is 2.37. The number of hydrogen-bond acceptors (Lipinski definition) is 4. The summed E-state index contributed by atoms with van der Waals surface area (Å²) in [4.78, 5) is 0. The Bertz CT molecular complexity index is 685. The van der Waals surface area contributed by atoms with E-state index in [0.717, 1.165) is 38.8 Å². The van der Waals surface area contributed by atoms with Gasteiger partial charge >= 0.3 is 0 Å². The quantitative estimate of drug-likeness (QED) is 0.545. The Labute approximate surface area is 144 Å². The Balaban J connectivity index is 0.00000200. The van der Waals surface area contributed by atoms with Crippen LogP contribution in [0.3, 0.4) is 0 Å². The largest absolute Gasteiger partial charge is 0.194 e. The van der Waals surface area contributed by atoms with E-state index in [2.05, 4.69) is 38.7 Å². The first-order valence-electron chi connectivity index (χ1n) is 6.15. The molecular weight excluding hydrogens is 325 g/mol. The van der Waals surface area contributed by atoms with Crippen LogP contribution in [-0.2, 0) is 32.7 Å². The molecule has 0 aliphatic heterocycles. The molecule has 2 rings (SSSR count). The van der Waals surface area contributed by atoms with Gasteiger partial charge in [0, 0.05) is 58.2 Å². The van der Waals surface area contributed by atoms with Crippen LogP contribution in [0, 0.1) is 26.8 Å². The Hall–Kier alpha value is -0.996. The predicted octanol–water partition coefficient (Wildman–Crippen LogP) is 4.99. The maximum atomic E-state index is 4.20. The van der Waals surface area contributed by atoms with E-state index in [9.17, 15) is 0 Å². The van der Waals surface area contributed by atoms with E-state index in [1.54, 1.807) is 14.1 Å². The molecule has 0 unspecified atom stereocenters. The third-order valence-electron chi connectivity index (χ3n) is 3.15. The SMILES string of the molecule is CN=Nc1[c-]c2c(C)c(N=NC)c(C)cc2cc1C.[Y]. The van der Waals surface area contributed by atoms with E-state index in [-0.39, 0.29) is 32.7 Å².